The predicted molar refractivity (Wildman–Crippen MR) is 104 cm³/mol. The summed E-state index contributed by atoms with van der Waals surface area (Å²) < 4.78 is 2.30. The standard InChI is InChI=1S/C22H19N3O/c1-14-17-8-2-3-10-19(17)25-13-16(12-20(14)25)22(26)24-18-9-4-6-15-7-5-11-23-21(15)18/h2-11,16H,12-13H2,1H3,(H,24,26). The lowest BCUT2D eigenvalue weighted by Crippen LogP contribution is -2.24. The van der Waals surface area contributed by atoms with Crippen LogP contribution in [0.3, 0.4) is 0 Å². The van der Waals surface area contributed by atoms with Gasteiger partial charge in [-0.2, -0.15) is 0 Å². The number of fused-ring (bicyclic) bond motifs is 4. The van der Waals surface area contributed by atoms with Gasteiger partial charge in [-0.15, -0.1) is 0 Å². The molecule has 1 unspecified atom stereocenters. The highest BCUT2D eigenvalue weighted by Gasteiger charge is 2.31. The number of nitrogens with one attached hydrogen (secondary N) is 1. The number of nitrogens with zero attached hydrogens (tertiary/aromatic N) is 2. The van der Waals surface area contributed by atoms with E-state index in [1.807, 2.05) is 30.3 Å². The molecule has 5 rings (SSSR count). The van der Waals surface area contributed by atoms with Crippen molar-refractivity contribution in [2.24, 2.45) is 5.92 Å². The highest BCUT2D eigenvalue weighted by atomic mass is 16.1. The first-order chi connectivity index (χ1) is 12.7. The first-order valence-corrected chi connectivity index (χ1v) is 8.93. The fourth-order valence-corrected chi connectivity index (χ4v) is 4.14. The molecule has 0 fully saturated rings. The van der Waals surface area contributed by atoms with Crippen molar-refractivity contribution in [2.75, 3.05) is 5.32 Å². The van der Waals surface area contributed by atoms with E-state index in [1.165, 1.54) is 22.2 Å². The average molecular weight is 341 g/mol. The Balaban J connectivity index is 1.44. The third kappa shape index (κ3) is 2.22. The summed E-state index contributed by atoms with van der Waals surface area (Å²) in [7, 11) is 0. The molecule has 2 aromatic heterocycles. The van der Waals surface area contributed by atoms with E-state index in [1.54, 1.807) is 6.20 Å². The van der Waals surface area contributed by atoms with Crippen LogP contribution in [0.4, 0.5) is 5.69 Å². The summed E-state index contributed by atoms with van der Waals surface area (Å²) in [5.74, 6) is 0.0163. The molecule has 1 aliphatic heterocycles. The maximum atomic E-state index is 12.9. The van der Waals surface area contributed by atoms with Crippen molar-refractivity contribution in [2.45, 2.75) is 19.9 Å². The van der Waals surface area contributed by atoms with E-state index in [2.05, 4.69) is 46.1 Å². The van der Waals surface area contributed by atoms with Gasteiger partial charge in [0.2, 0.25) is 5.91 Å². The van der Waals surface area contributed by atoms with E-state index in [4.69, 9.17) is 0 Å². The van der Waals surface area contributed by atoms with Crippen LogP contribution >= 0.6 is 0 Å². The van der Waals surface area contributed by atoms with Crippen LogP contribution in [0.25, 0.3) is 21.8 Å². The molecule has 1 amide bonds. The normalized spacial score (nSPS) is 16.1. The number of carbonyl (C=O) groups excluding carboxylic acids is 1. The van der Waals surface area contributed by atoms with Crippen molar-refractivity contribution >= 4 is 33.4 Å². The maximum Gasteiger partial charge on any atom is 0.229 e. The van der Waals surface area contributed by atoms with Gasteiger partial charge in [0.05, 0.1) is 17.1 Å². The van der Waals surface area contributed by atoms with Crippen molar-refractivity contribution in [1.29, 1.82) is 0 Å². The molecular weight excluding hydrogens is 322 g/mol. The number of hydrogen-bond donors (Lipinski definition) is 1. The third-order valence-corrected chi connectivity index (χ3v) is 5.46. The molecule has 3 heterocycles. The topological polar surface area (TPSA) is 46.9 Å². The van der Waals surface area contributed by atoms with E-state index in [0.29, 0.717) is 0 Å². The van der Waals surface area contributed by atoms with Crippen LogP contribution in [0.15, 0.2) is 60.8 Å². The van der Waals surface area contributed by atoms with Crippen molar-refractivity contribution in [3.63, 3.8) is 0 Å². The number of aryl methyl sites for hydroxylation is 1. The Morgan fingerprint density at radius 3 is 2.88 bits per heavy atom. The van der Waals surface area contributed by atoms with Gasteiger partial charge >= 0.3 is 0 Å². The molecule has 4 nitrogen and oxygen atoms in total. The van der Waals surface area contributed by atoms with Crippen molar-refractivity contribution in [3.8, 4) is 0 Å². The van der Waals surface area contributed by atoms with E-state index < -0.39 is 0 Å². The minimum Gasteiger partial charge on any atom is -0.343 e. The van der Waals surface area contributed by atoms with Crippen LogP contribution in [-0.2, 0) is 17.8 Å². The van der Waals surface area contributed by atoms with Gasteiger partial charge in [-0.25, -0.2) is 0 Å². The lowest BCUT2D eigenvalue weighted by atomic mass is 10.0. The Morgan fingerprint density at radius 1 is 1.12 bits per heavy atom. The number of anilines is 1. The number of pyridine rings is 1. The Bertz CT molecular complexity index is 1150. The number of para-hydroxylation sites is 2. The summed E-state index contributed by atoms with van der Waals surface area (Å²) in [5, 5.41) is 5.43. The minimum atomic E-state index is -0.0488. The van der Waals surface area contributed by atoms with Crippen LogP contribution < -0.4 is 5.32 Å². The molecule has 4 aromatic rings. The molecular formula is C22H19N3O. The van der Waals surface area contributed by atoms with Gasteiger partial charge in [-0.1, -0.05) is 36.4 Å². The number of benzene rings is 2. The molecule has 1 atom stereocenters. The average Bonchev–Trinajstić information content (AvgIpc) is 3.22. The summed E-state index contributed by atoms with van der Waals surface area (Å²) in [5.41, 5.74) is 5.42. The molecule has 26 heavy (non-hydrogen) atoms. The first kappa shape index (κ1) is 15.1. The van der Waals surface area contributed by atoms with Crippen LogP contribution in [0.1, 0.15) is 11.3 Å². The lowest BCUT2D eigenvalue weighted by Gasteiger charge is -2.12. The highest BCUT2D eigenvalue weighted by Crippen LogP contribution is 2.33. The van der Waals surface area contributed by atoms with E-state index in [-0.39, 0.29) is 11.8 Å². The summed E-state index contributed by atoms with van der Waals surface area (Å²) in [6.07, 6.45) is 2.54. The fraction of sp³-hybridized carbons (Fsp3) is 0.182. The van der Waals surface area contributed by atoms with Crippen LogP contribution in [0, 0.1) is 12.8 Å². The second-order valence-electron chi connectivity index (χ2n) is 6.97. The Kier molecular flexibility index (Phi) is 3.32. The number of aromatic nitrogens is 2. The maximum absolute atomic E-state index is 12.9. The Morgan fingerprint density at radius 2 is 1.96 bits per heavy atom. The van der Waals surface area contributed by atoms with Gasteiger partial charge in [-0.3, -0.25) is 9.78 Å². The molecule has 0 bridgehead atoms. The van der Waals surface area contributed by atoms with Gasteiger partial charge in [0.1, 0.15) is 0 Å². The van der Waals surface area contributed by atoms with Gasteiger partial charge in [0, 0.05) is 41.1 Å². The summed E-state index contributed by atoms with van der Waals surface area (Å²) in [6.45, 7) is 2.89. The van der Waals surface area contributed by atoms with Gasteiger partial charge in [0.25, 0.3) is 0 Å². The molecule has 4 heteroatoms. The number of hydrogen-bond acceptors (Lipinski definition) is 2. The summed E-state index contributed by atoms with van der Waals surface area (Å²) >= 11 is 0. The summed E-state index contributed by atoms with van der Waals surface area (Å²) in [4.78, 5) is 17.3. The predicted octanol–water partition coefficient (Wildman–Crippen LogP) is 4.31. The minimum absolute atomic E-state index is 0.0488. The molecule has 1 N–H and O–H groups in total. The Hall–Kier alpha value is -3.14. The van der Waals surface area contributed by atoms with Crippen LogP contribution in [0.2, 0.25) is 0 Å². The van der Waals surface area contributed by atoms with E-state index in [0.717, 1.165) is 29.6 Å². The second kappa shape index (κ2) is 5.70. The number of rotatable bonds is 2. The molecule has 0 aliphatic carbocycles. The largest absolute Gasteiger partial charge is 0.343 e. The molecule has 0 radical (unpaired) electrons. The van der Waals surface area contributed by atoms with E-state index >= 15 is 0 Å². The smallest absolute Gasteiger partial charge is 0.229 e. The fourth-order valence-electron chi connectivity index (χ4n) is 4.14. The van der Waals surface area contributed by atoms with Crippen LogP contribution in [-0.4, -0.2) is 15.5 Å². The van der Waals surface area contributed by atoms with Crippen molar-refractivity contribution in [3.05, 3.63) is 72.1 Å². The molecule has 128 valence electrons. The number of amides is 1. The first-order valence-electron chi connectivity index (χ1n) is 8.93. The number of carbonyl (C=O) groups is 1. The third-order valence-electron chi connectivity index (χ3n) is 5.46. The Labute approximate surface area is 151 Å². The SMILES string of the molecule is Cc1c2n(c3ccccc13)CC(C(=O)Nc1cccc3cccnc13)C2. The van der Waals surface area contributed by atoms with Gasteiger partial charge < -0.3 is 9.88 Å². The van der Waals surface area contributed by atoms with Crippen LogP contribution in [0.5, 0.6) is 0 Å². The molecule has 0 spiro atoms. The van der Waals surface area contributed by atoms with Gasteiger partial charge in [-0.05, 0) is 30.7 Å². The quantitative estimate of drug-likeness (QED) is 0.590. The zero-order valence-corrected chi connectivity index (χ0v) is 14.6. The van der Waals surface area contributed by atoms with E-state index in [9.17, 15) is 4.79 Å². The second-order valence-corrected chi connectivity index (χ2v) is 6.97. The monoisotopic (exact) mass is 341 g/mol. The lowest BCUT2D eigenvalue weighted by molar-refractivity contribution is -0.119. The zero-order valence-electron chi connectivity index (χ0n) is 14.6. The molecule has 0 saturated heterocycles. The van der Waals surface area contributed by atoms with Gasteiger partial charge in [0.15, 0.2) is 0 Å². The molecule has 1 aliphatic rings. The molecule has 0 saturated carbocycles. The highest BCUT2D eigenvalue weighted by molar-refractivity contribution is 6.01. The van der Waals surface area contributed by atoms with Crippen molar-refractivity contribution in [1.82, 2.24) is 9.55 Å². The summed E-state index contributed by atoms with van der Waals surface area (Å²) in [6, 6.07) is 18.2. The zero-order chi connectivity index (χ0) is 17.7. The van der Waals surface area contributed by atoms with Crippen molar-refractivity contribution < 1.29 is 4.79 Å². The molecule has 2 aromatic carbocycles.